The zero-order valence-corrected chi connectivity index (χ0v) is 14.0. The van der Waals surface area contributed by atoms with Gasteiger partial charge in [-0.1, -0.05) is 29.8 Å². The van der Waals surface area contributed by atoms with Crippen LogP contribution in [0.2, 0.25) is 5.02 Å². The number of hydrogen-bond acceptors (Lipinski definition) is 3. The lowest BCUT2D eigenvalue weighted by Crippen LogP contribution is -2.38. The molecule has 4 nitrogen and oxygen atoms in total. The number of aryl methyl sites for hydroxylation is 1. The van der Waals surface area contributed by atoms with Crippen LogP contribution in [0.15, 0.2) is 34.6 Å². The third kappa shape index (κ3) is 4.44. The molecule has 112 valence electrons. The molecule has 0 atom stereocenters. The summed E-state index contributed by atoms with van der Waals surface area (Å²) in [4.78, 5) is 10.8. The van der Waals surface area contributed by atoms with Crippen molar-refractivity contribution in [3.63, 3.8) is 0 Å². The number of rotatable bonds is 4. The van der Waals surface area contributed by atoms with Gasteiger partial charge in [0.1, 0.15) is 0 Å². The predicted octanol–water partition coefficient (Wildman–Crippen LogP) is 3.31. The molecule has 0 aliphatic heterocycles. The standard InChI is InChI=1S/C15H19ClN4S/c1-11-19-13(10-21-11)9-20(3)15(17-2)18-8-12-6-4-5-7-14(12)16/h4-7,10H,8-9H2,1-3H3,(H,17,18). The van der Waals surface area contributed by atoms with Crippen LogP contribution < -0.4 is 5.32 Å². The van der Waals surface area contributed by atoms with Crippen LogP contribution in [0.3, 0.4) is 0 Å². The fraction of sp³-hybridized carbons (Fsp3) is 0.333. The average Bonchev–Trinajstić information content (AvgIpc) is 2.86. The van der Waals surface area contributed by atoms with E-state index >= 15 is 0 Å². The van der Waals surface area contributed by atoms with E-state index in [1.54, 1.807) is 18.4 Å². The summed E-state index contributed by atoms with van der Waals surface area (Å²) in [6.07, 6.45) is 0. The smallest absolute Gasteiger partial charge is 0.194 e. The van der Waals surface area contributed by atoms with Gasteiger partial charge in [-0.05, 0) is 18.6 Å². The van der Waals surface area contributed by atoms with Crippen molar-refractivity contribution >= 4 is 28.9 Å². The highest BCUT2D eigenvalue weighted by molar-refractivity contribution is 7.09. The van der Waals surface area contributed by atoms with Gasteiger partial charge in [-0.25, -0.2) is 4.98 Å². The van der Waals surface area contributed by atoms with E-state index in [1.165, 1.54) is 0 Å². The first-order valence-corrected chi connectivity index (χ1v) is 7.92. The lowest BCUT2D eigenvalue weighted by Gasteiger charge is -2.21. The van der Waals surface area contributed by atoms with Crippen LogP contribution in [0.1, 0.15) is 16.3 Å². The van der Waals surface area contributed by atoms with E-state index in [2.05, 4.69) is 20.7 Å². The number of aromatic nitrogens is 1. The molecule has 1 heterocycles. The van der Waals surface area contributed by atoms with Gasteiger partial charge >= 0.3 is 0 Å². The number of aliphatic imine (C=N–C) groups is 1. The van der Waals surface area contributed by atoms with Gasteiger partial charge in [0.05, 0.1) is 17.2 Å². The van der Waals surface area contributed by atoms with Crippen molar-refractivity contribution in [3.8, 4) is 0 Å². The number of thiazole rings is 1. The molecule has 0 bridgehead atoms. The van der Waals surface area contributed by atoms with Gasteiger partial charge in [0.15, 0.2) is 5.96 Å². The minimum absolute atomic E-state index is 0.646. The maximum absolute atomic E-state index is 6.16. The zero-order chi connectivity index (χ0) is 15.2. The SMILES string of the molecule is CN=C(NCc1ccccc1Cl)N(C)Cc1csc(C)n1. The summed E-state index contributed by atoms with van der Waals surface area (Å²) in [5.41, 5.74) is 2.11. The van der Waals surface area contributed by atoms with Gasteiger partial charge in [-0.15, -0.1) is 11.3 Å². The Kier molecular flexibility index (Phi) is 5.59. The monoisotopic (exact) mass is 322 g/mol. The summed E-state index contributed by atoms with van der Waals surface area (Å²) < 4.78 is 0. The molecular formula is C15H19ClN4S. The number of nitrogens with zero attached hydrogens (tertiary/aromatic N) is 3. The number of guanidine groups is 1. The maximum Gasteiger partial charge on any atom is 0.194 e. The van der Waals surface area contributed by atoms with E-state index < -0.39 is 0 Å². The molecule has 21 heavy (non-hydrogen) atoms. The van der Waals surface area contributed by atoms with Crippen LogP contribution in [-0.4, -0.2) is 29.9 Å². The number of benzene rings is 1. The Bertz CT molecular complexity index is 624. The molecule has 0 saturated heterocycles. The summed E-state index contributed by atoms with van der Waals surface area (Å²) in [7, 11) is 3.77. The summed E-state index contributed by atoms with van der Waals surface area (Å²) in [6, 6.07) is 7.81. The van der Waals surface area contributed by atoms with Crippen molar-refractivity contribution in [2.24, 2.45) is 4.99 Å². The Morgan fingerprint density at radius 3 is 2.81 bits per heavy atom. The molecule has 1 aromatic heterocycles. The van der Waals surface area contributed by atoms with Gasteiger partial charge < -0.3 is 10.2 Å². The molecule has 0 aliphatic rings. The highest BCUT2D eigenvalue weighted by atomic mass is 35.5. The minimum atomic E-state index is 0.646. The van der Waals surface area contributed by atoms with E-state index in [0.29, 0.717) is 6.54 Å². The Morgan fingerprint density at radius 1 is 1.43 bits per heavy atom. The van der Waals surface area contributed by atoms with Crippen molar-refractivity contribution in [2.45, 2.75) is 20.0 Å². The molecule has 0 aliphatic carbocycles. The summed E-state index contributed by atoms with van der Waals surface area (Å²) in [5.74, 6) is 0.820. The normalized spacial score (nSPS) is 11.5. The van der Waals surface area contributed by atoms with Gasteiger partial charge in [0.2, 0.25) is 0 Å². The van der Waals surface area contributed by atoms with Crippen LogP contribution in [0, 0.1) is 6.92 Å². The molecule has 2 aromatic rings. The Hall–Kier alpha value is -1.59. The number of nitrogens with one attached hydrogen (secondary N) is 1. The summed E-state index contributed by atoms with van der Waals surface area (Å²) >= 11 is 7.82. The van der Waals surface area contributed by atoms with Crippen LogP contribution in [0.5, 0.6) is 0 Å². The molecule has 1 N–H and O–H groups in total. The molecule has 2 rings (SSSR count). The first-order chi connectivity index (χ1) is 10.1. The zero-order valence-electron chi connectivity index (χ0n) is 12.4. The molecular weight excluding hydrogens is 304 g/mol. The quantitative estimate of drug-likeness (QED) is 0.693. The minimum Gasteiger partial charge on any atom is -0.352 e. The molecule has 0 saturated carbocycles. The van der Waals surface area contributed by atoms with Gasteiger partial charge in [-0.2, -0.15) is 0 Å². The predicted molar refractivity (Wildman–Crippen MR) is 90.0 cm³/mol. The molecule has 0 unspecified atom stereocenters. The van der Waals surface area contributed by atoms with Crippen LogP contribution in [0.25, 0.3) is 0 Å². The number of hydrogen-bond donors (Lipinski definition) is 1. The fourth-order valence-corrected chi connectivity index (χ4v) is 2.81. The Labute approximate surface area is 134 Å². The van der Waals surface area contributed by atoms with Crippen LogP contribution in [-0.2, 0) is 13.1 Å². The van der Waals surface area contributed by atoms with Crippen molar-refractivity contribution in [2.75, 3.05) is 14.1 Å². The Balaban J connectivity index is 1.95. The first-order valence-electron chi connectivity index (χ1n) is 6.66. The van der Waals surface area contributed by atoms with Crippen molar-refractivity contribution in [1.29, 1.82) is 0 Å². The van der Waals surface area contributed by atoms with Crippen molar-refractivity contribution in [1.82, 2.24) is 15.2 Å². The molecule has 0 spiro atoms. The van der Waals surface area contributed by atoms with E-state index in [-0.39, 0.29) is 0 Å². The lowest BCUT2D eigenvalue weighted by atomic mass is 10.2. The second-order valence-corrected chi connectivity index (χ2v) is 6.18. The fourth-order valence-electron chi connectivity index (χ4n) is 2.00. The highest BCUT2D eigenvalue weighted by Gasteiger charge is 2.09. The topological polar surface area (TPSA) is 40.5 Å². The van der Waals surface area contributed by atoms with E-state index in [9.17, 15) is 0 Å². The van der Waals surface area contributed by atoms with Gasteiger partial charge in [0, 0.05) is 31.0 Å². The second-order valence-electron chi connectivity index (χ2n) is 4.71. The van der Waals surface area contributed by atoms with Crippen molar-refractivity contribution < 1.29 is 0 Å². The van der Waals surface area contributed by atoms with Crippen LogP contribution >= 0.6 is 22.9 Å². The summed E-state index contributed by atoms with van der Waals surface area (Å²) in [5, 5.41) is 7.24. The largest absolute Gasteiger partial charge is 0.352 e. The third-order valence-electron chi connectivity index (χ3n) is 3.03. The van der Waals surface area contributed by atoms with Crippen molar-refractivity contribution in [3.05, 3.63) is 50.9 Å². The Morgan fingerprint density at radius 2 is 2.19 bits per heavy atom. The molecule has 0 amide bonds. The van der Waals surface area contributed by atoms with E-state index in [4.69, 9.17) is 11.6 Å². The second kappa shape index (κ2) is 7.43. The molecule has 0 fully saturated rings. The van der Waals surface area contributed by atoms with Crippen LogP contribution in [0.4, 0.5) is 0 Å². The maximum atomic E-state index is 6.16. The molecule has 0 radical (unpaired) electrons. The van der Waals surface area contributed by atoms with Gasteiger partial charge in [0.25, 0.3) is 0 Å². The molecule has 1 aromatic carbocycles. The number of halogens is 1. The van der Waals surface area contributed by atoms with E-state index in [1.807, 2.05) is 43.1 Å². The lowest BCUT2D eigenvalue weighted by molar-refractivity contribution is 0.470. The molecule has 6 heteroatoms. The highest BCUT2D eigenvalue weighted by Crippen LogP contribution is 2.14. The average molecular weight is 323 g/mol. The first kappa shape index (κ1) is 15.8. The third-order valence-corrected chi connectivity index (χ3v) is 4.22. The van der Waals surface area contributed by atoms with Gasteiger partial charge in [-0.3, -0.25) is 4.99 Å². The van der Waals surface area contributed by atoms with E-state index in [0.717, 1.165) is 33.8 Å². The summed E-state index contributed by atoms with van der Waals surface area (Å²) in [6.45, 7) is 3.39.